The third-order valence-corrected chi connectivity index (χ3v) is 11.4. The molecule has 3 fully saturated rings. The van der Waals surface area contributed by atoms with Crippen LogP contribution in [0.1, 0.15) is 44.7 Å². The highest BCUT2D eigenvalue weighted by atomic mass is 16.2. The SMILES string of the molecule is Cc1cccc(C)c1Nc1nn(C)c2nc(Nc3ccc(N4CCN(CC5CN(c6ccc7c(c6)C(=O)N(C6CCC(=O)NC6=O)C7=O)C5)CC4)cc3)ncc12. The van der Waals surface area contributed by atoms with Crippen molar-refractivity contribution < 1.29 is 19.2 Å². The summed E-state index contributed by atoms with van der Waals surface area (Å²) in [4.78, 5) is 67.9. The van der Waals surface area contributed by atoms with Gasteiger partial charge in [0.1, 0.15) is 6.04 Å². The van der Waals surface area contributed by atoms with E-state index in [0.717, 1.165) is 95.8 Å². The third kappa shape index (κ3) is 6.46. The Morgan fingerprint density at radius 3 is 2.27 bits per heavy atom. The van der Waals surface area contributed by atoms with Crippen molar-refractivity contribution in [2.75, 3.05) is 66.2 Å². The molecule has 286 valence electrons. The number of imide groups is 2. The molecule has 3 saturated heterocycles. The molecule has 0 spiro atoms. The number of fused-ring (bicyclic) bond motifs is 2. The van der Waals surface area contributed by atoms with Gasteiger partial charge in [-0.3, -0.25) is 34.3 Å². The van der Waals surface area contributed by atoms with Crippen LogP contribution in [0.2, 0.25) is 0 Å². The molecule has 15 heteroatoms. The number of hydrogen-bond donors (Lipinski definition) is 3. The number of nitrogens with one attached hydrogen (secondary N) is 3. The first-order valence-corrected chi connectivity index (χ1v) is 19.1. The maximum atomic E-state index is 13.3. The Labute approximate surface area is 323 Å². The van der Waals surface area contributed by atoms with Crippen LogP contribution < -0.4 is 25.8 Å². The van der Waals surface area contributed by atoms with Gasteiger partial charge in [-0.1, -0.05) is 18.2 Å². The summed E-state index contributed by atoms with van der Waals surface area (Å²) < 4.78 is 1.77. The minimum absolute atomic E-state index is 0.0990. The molecule has 0 bridgehead atoms. The van der Waals surface area contributed by atoms with E-state index in [2.05, 4.69) is 91.0 Å². The maximum Gasteiger partial charge on any atom is 0.262 e. The highest BCUT2D eigenvalue weighted by molar-refractivity contribution is 6.23. The van der Waals surface area contributed by atoms with E-state index in [1.807, 2.05) is 19.2 Å². The average Bonchev–Trinajstić information content (AvgIpc) is 3.62. The number of aryl methyl sites for hydroxylation is 3. The molecule has 6 heterocycles. The van der Waals surface area contributed by atoms with Crippen molar-refractivity contribution in [3.63, 3.8) is 0 Å². The number of piperazine rings is 1. The van der Waals surface area contributed by atoms with E-state index in [1.165, 1.54) is 5.69 Å². The van der Waals surface area contributed by atoms with Crippen LogP contribution in [0.3, 0.4) is 0 Å². The van der Waals surface area contributed by atoms with Crippen molar-refractivity contribution in [1.29, 1.82) is 0 Å². The van der Waals surface area contributed by atoms with E-state index in [1.54, 1.807) is 23.0 Å². The average molecular weight is 754 g/mol. The standard InChI is InChI=1S/C41H43N11O4/c1-24-5-4-6-25(2)35(24)45-36-32-20-42-41(46-37(32)48(3)47-36)43-27-7-9-28(10-8-27)50-17-15-49(16-18-50)21-26-22-51(23-26)29-11-12-30-31(19-29)40(56)52(39(30)55)33-13-14-34(53)44-38(33)54/h4-12,19-20,26,33H,13-18,21-23H2,1-3H3,(H,45,47)(H,42,43,46)(H,44,53,54). The van der Waals surface area contributed by atoms with E-state index in [9.17, 15) is 19.2 Å². The second kappa shape index (κ2) is 14.1. The summed E-state index contributed by atoms with van der Waals surface area (Å²) in [5.41, 5.74) is 7.67. The van der Waals surface area contributed by atoms with Gasteiger partial charge in [0.05, 0.1) is 16.5 Å². The van der Waals surface area contributed by atoms with Crippen LogP contribution in [0.25, 0.3) is 11.0 Å². The number of piperidine rings is 1. The van der Waals surface area contributed by atoms with Gasteiger partial charge in [-0.25, -0.2) is 9.67 Å². The van der Waals surface area contributed by atoms with Gasteiger partial charge in [0, 0.05) is 94.1 Å². The maximum absolute atomic E-state index is 13.3. The largest absolute Gasteiger partial charge is 0.371 e. The van der Waals surface area contributed by atoms with Crippen LogP contribution in [0.4, 0.5) is 34.5 Å². The molecule has 3 N–H and O–H groups in total. The Morgan fingerprint density at radius 2 is 1.54 bits per heavy atom. The lowest BCUT2D eigenvalue weighted by Crippen LogP contribution is -2.55. The highest BCUT2D eigenvalue weighted by Gasteiger charge is 2.45. The first kappa shape index (κ1) is 35.4. The summed E-state index contributed by atoms with van der Waals surface area (Å²) in [6.45, 7) is 10.7. The van der Waals surface area contributed by atoms with Gasteiger partial charge in [-0.2, -0.15) is 10.1 Å². The lowest BCUT2D eigenvalue weighted by molar-refractivity contribution is -0.136. The van der Waals surface area contributed by atoms with E-state index in [-0.39, 0.29) is 18.7 Å². The number of anilines is 6. The second-order valence-electron chi connectivity index (χ2n) is 15.2. The molecule has 0 radical (unpaired) electrons. The van der Waals surface area contributed by atoms with Crippen LogP contribution in [0.5, 0.6) is 0 Å². The van der Waals surface area contributed by atoms with E-state index in [0.29, 0.717) is 23.0 Å². The number of hydrogen-bond acceptors (Lipinski definition) is 12. The van der Waals surface area contributed by atoms with Crippen molar-refractivity contribution in [3.8, 4) is 0 Å². The first-order chi connectivity index (χ1) is 27.1. The van der Waals surface area contributed by atoms with E-state index >= 15 is 0 Å². The molecule has 15 nitrogen and oxygen atoms in total. The zero-order valence-electron chi connectivity index (χ0n) is 31.6. The molecule has 0 aliphatic carbocycles. The Hall–Kier alpha value is -6.35. The molecule has 3 aromatic carbocycles. The number of rotatable bonds is 9. The zero-order chi connectivity index (χ0) is 38.7. The molecule has 0 saturated carbocycles. The monoisotopic (exact) mass is 753 g/mol. The molecular formula is C41H43N11O4. The predicted octanol–water partition coefficient (Wildman–Crippen LogP) is 4.13. The number of amides is 4. The quantitative estimate of drug-likeness (QED) is 0.185. The van der Waals surface area contributed by atoms with E-state index in [4.69, 9.17) is 4.98 Å². The molecule has 5 aromatic rings. The molecular weight excluding hydrogens is 711 g/mol. The van der Waals surface area contributed by atoms with E-state index < -0.39 is 23.8 Å². The van der Waals surface area contributed by atoms with Gasteiger partial charge in [0.2, 0.25) is 17.8 Å². The third-order valence-electron chi connectivity index (χ3n) is 11.4. The molecule has 2 aromatic heterocycles. The van der Waals surface area contributed by atoms with Crippen LogP contribution in [-0.4, -0.2) is 105 Å². The molecule has 4 aliphatic rings. The van der Waals surface area contributed by atoms with Gasteiger partial charge >= 0.3 is 0 Å². The molecule has 4 amide bonds. The number of carbonyl (C=O) groups excluding carboxylic acids is 4. The van der Waals surface area contributed by atoms with Crippen LogP contribution in [-0.2, 0) is 16.6 Å². The lowest BCUT2D eigenvalue weighted by Gasteiger charge is -2.45. The smallest absolute Gasteiger partial charge is 0.262 e. The fourth-order valence-corrected chi connectivity index (χ4v) is 8.31. The van der Waals surface area contributed by atoms with Gasteiger partial charge in [0.25, 0.3) is 11.8 Å². The van der Waals surface area contributed by atoms with Crippen LogP contribution >= 0.6 is 0 Å². The van der Waals surface area contributed by atoms with Crippen LogP contribution in [0, 0.1) is 19.8 Å². The Balaban J connectivity index is 0.754. The molecule has 4 aliphatic heterocycles. The van der Waals surface area contributed by atoms with Crippen molar-refractivity contribution >= 4 is 69.2 Å². The minimum atomic E-state index is -0.962. The normalized spacial score (nSPS) is 19.1. The van der Waals surface area contributed by atoms with Gasteiger partial charge in [0.15, 0.2) is 11.5 Å². The zero-order valence-corrected chi connectivity index (χ0v) is 31.6. The summed E-state index contributed by atoms with van der Waals surface area (Å²) in [5, 5.41) is 14.6. The first-order valence-electron chi connectivity index (χ1n) is 19.1. The van der Waals surface area contributed by atoms with Crippen molar-refractivity contribution in [3.05, 3.63) is 89.1 Å². The number of aromatic nitrogens is 4. The summed E-state index contributed by atoms with van der Waals surface area (Å²) in [7, 11) is 1.89. The lowest BCUT2D eigenvalue weighted by atomic mass is 9.97. The molecule has 1 atom stereocenters. The minimum Gasteiger partial charge on any atom is -0.371 e. The Morgan fingerprint density at radius 1 is 0.821 bits per heavy atom. The molecule has 56 heavy (non-hydrogen) atoms. The van der Waals surface area contributed by atoms with Gasteiger partial charge in [-0.05, 0) is 73.9 Å². The highest BCUT2D eigenvalue weighted by Crippen LogP contribution is 2.34. The van der Waals surface area contributed by atoms with Crippen molar-refractivity contribution in [1.82, 2.24) is 34.9 Å². The van der Waals surface area contributed by atoms with Crippen LogP contribution in [0.15, 0.2) is 66.9 Å². The second-order valence-corrected chi connectivity index (χ2v) is 15.2. The Kier molecular flexibility index (Phi) is 8.87. The van der Waals surface area contributed by atoms with Crippen molar-refractivity contribution in [2.45, 2.75) is 32.7 Å². The van der Waals surface area contributed by atoms with Gasteiger partial charge < -0.3 is 20.4 Å². The topological polar surface area (TPSA) is 161 Å². The summed E-state index contributed by atoms with van der Waals surface area (Å²) in [6.07, 6.45) is 2.05. The van der Waals surface area contributed by atoms with Crippen molar-refractivity contribution in [2.24, 2.45) is 13.0 Å². The number of para-hydroxylation sites is 1. The predicted molar refractivity (Wildman–Crippen MR) is 213 cm³/mol. The fraction of sp³-hybridized carbons (Fsp3) is 0.341. The summed E-state index contributed by atoms with van der Waals surface area (Å²) in [5.74, 6) is -0.211. The number of carbonyl (C=O) groups is 4. The number of benzene rings is 3. The van der Waals surface area contributed by atoms with Gasteiger partial charge in [-0.15, -0.1) is 0 Å². The Bertz CT molecular complexity index is 2380. The fourth-order valence-electron chi connectivity index (χ4n) is 8.31. The number of nitrogens with zero attached hydrogens (tertiary/aromatic N) is 8. The molecule has 1 unspecified atom stereocenters. The molecule has 9 rings (SSSR count). The summed E-state index contributed by atoms with van der Waals surface area (Å²) >= 11 is 0. The summed E-state index contributed by atoms with van der Waals surface area (Å²) in [6, 6.07) is 19.0.